The largest absolute Gasteiger partial charge is 0.338 e. The number of carbonyl (C=O) groups is 1. The molecule has 1 aromatic rings. The van der Waals surface area contributed by atoms with Gasteiger partial charge in [0.1, 0.15) is 0 Å². The van der Waals surface area contributed by atoms with Gasteiger partial charge in [-0.15, -0.1) is 36.2 Å². The molecular formula is C18H29Cl2N3OS. The number of aromatic nitrogens is 1. The van der Waals surface area contributed by atoms with E-state index >= 15 is 0 Å². The summed E-state index contributed by atoms with van der Waals surface area (Å²) in [6.45, 7) is 2.08. The van der Waals surface area contributed by atoms with Gasteiger partial charge >= 0.3 is 0 Å². The fourth-order valence-corrected chi connectivity index (χ4v) is 5.95. The Balaban J connectivity index is 0.00000113. The van der Waals surface area contributed by atoms with Crippen LogP contribution in [0.25, 0.3) is 0 Å². The summed E-state index contributed by atoms with van der Waals surface area (Å²) in [6, 6.07) is 1.60. The van der Waals surface area contributed by atoms with Crippen LogP contribution < -0.4 is 5.32 Å². The SMILES string of the molecule is Cc1nc2c(s1)C(N(C)C(=O)CC1CC3CCC(C1)N3)CCC2.Cl.Cl. The third-order valence-corrected chi connectivity index (χ3v) is 7.04. The lowest BCUT2D eigenvalue weighted by Crippen LogP contribution is -2.40. The Morgan fingerprint density at radius 3 is 2.60 bits per heavy atom. The molecule has 25 heavy (non-hydrogen) atoms. The van der Waals surface area contributed by atoms with E-state index in [1.807, 2.05) is 11.9 Å². The minimum atomic E-state index is 0. The van der Waals surface area contributed by atoms with Gasteiger partial charge in [0.05, 0.1) is 21.6 Å². The molecule has 2 fully saturated rings. The molecule has 142 valence electrons. The smallest absolute Gasteiger partial charge is 0.223 e. The molecule has 2 bridgehead atoms. The first kappa shape index (κ1) is 20.9. The van der Waals surface area contributed by atoms with E-state index in [-0.39, 0.29) is 30.9 Å². The lowest BCUT2D eigenvalue weighted by Gasteiger charge is -2.34. The molecule has 3 unspecified atom stereocenters. The van der Waals surface area contributed by atoms with Gasteiger partial charge in [0.25, 0.3) is 0 Å². The fourth-order valence-electron chi connectivity index (χ4n) is 4.80. The molecule has 1 aromatic heterocycles. The maximum Gasteiger partial charge on any atom is 0.223 e. The zero-order valence-electron chi connectivity index (χ0n) is 15.0. The number of rotatable bonds is 3. The average Bonchev–Trinajstić information content (AvgIpc) is 3.07. The number of aryl methyl sites for hydroxylation is 2. The molecule has 4 nitrogen and oxygen atoms in total. The number of amides is 1. The molecule has 3 heterocycles. The summed E-state index contributed by atoms with van der Waals surface area (Å²) in [7, 11) is 2.01. The maximum absolute atomic E-state index is 12.9. The molecule has 1 amide bonds. The minimum Gasteiger partial charge on any atom is -0.338 e. The monoisotopic (exact) mass is 405 g/mol. The van der Waals surface area contributed by atoms with Crippen molar-refractivity contribution in [3.8, 4) is 0 Å². The first-order chi connectivity index (χ1) is 11.1. The zero-order valence-corrected chi connectivity index (χ0v) is 17.4. The molecule has 2 saturated heterocycles. The van der Waals surface area contributed by atoms with Crippen molar-refractivity contribution in [2.75, 3.05) is 7.05 Å². The van der Waals surface area contributed by atoms with Gasteiger partial charge in [-0.3, -0.25) is 4.79 Å². The molecule has 0 spiro atoms. The normalized spacial score (nSPS) is 30.0. The van der Waals surface area contributed by atoms with Crippen LogP contribution in [0.1, 0.15) is 66.6 Å². The molecule has 2 aliphatic heterocycles. The van der Waals surface area contributed by atoms with Crippen LogP contribution in [0.4, 0.5) is 0 Å². The number of hydrogen-bond acceptors (Lipinski definition) is 4. The first-order valence-electron chi connectivity index (χ1n) is 9.08. The number of hydrogen-bond donors (Lipinski definition) is 1. The van der Waals surface area contributed by atoms with Gasteiger partial charge < -0.3 is 10.2 Å². The molecule has 1 N–H and O–H groups in total. The van der Waals surface area contributed by atoms with Gasteiger partial charge in [0, 0.05) is 25.6 Å². The Bertz CT molecular complexity index is 597. The predicted octanol–water partition coefficient (Wildman–Crippen LogP) is 4.05. The van der Waals surface area contributed by atoms with Crippen LogP contribution in [0.3, 0.4) is 0 Å². The fraction of sp³-hybridized carbons (Fsp3) is 0.778. The van der Waals surface area contributed by atoms with Crippen molar-refractivity contribution in [1.29, 1.82) is 0 Å². The maximum atomic E-state index is 12.9. The minimum absolute atomic E-state index is 0. The number of nitrogens with one attached hydrogen (secondary N) is 1. The van der Waals surface area contributed by atoms with Gasteiger partial charge in [-0.2, -0.15) is 0 Å². The van der Waals surface area contributed by atoms with Crippen molar-refractivity contribution in [3.63, 3.8) is 0 Å². The van der Waals surface area contributed by atoms with Crippen molar-refractivity contribution in [2.45, 2.75) is 76.4 Å². The molecule has 7 heteroatoms. The Hall–Kier alpha value is -0.360. The van der Waals surface area contributed by atoms with Gasteiger partial charge in [-0.05, 0) is 57.8 Å². The number of nitrogens with zero attached hydrogens (tertiary/aromatic N) is 2. The van der Waals surface area contributed by atoms with Crippen LogP contribution in [0, 0.1) is 12.8 Å². The summed E-state index contributed by atoms with van der Waals surface area (Å²) in [5, 5.41) is 4.81. The van der Waals surface area contributed by atoms with E-state index in [1.165, 1.54) is 36.3 Å². The van der Waals surface area contributed by atoms with E-state index in [0.717, 1.165) is 30.7 Å². The van der Waals surface area contributed by atoms with E-state index < -0.39 is 0 Å². The molecule has 1 aliphatic carbocycles. The molecule has 3 aliphatic rings. The molecule has 0 radical (unpaired) electrons. The van der Waals surface area contributed by atoms with Gasteiger partial charge in [0.15, 0.2) is 0 Å². The topological polar surface area (TPSA) is 45.2 Å². The standard InChI is InChI=1S/C18H27N3OS.2ClH/c1-11-19-15-4-3-5-16(18(15)23-11)21(2)17(22)10-12-8-13-6-7-14(9-12)20-13;;/h12-14,16,20H,3-10H2,1-2H3;2*1H. The second kappa shape index (κ2) is 8.55. The summed E-state index contributed by atoms with van der Waals surface area (Å²) < 4.78 is 0. The van der Waals surface area contributed by atoms with Crippen LogP contribution in [-0.4, -0.2) is 34.9 Å². The molecule has 3 atom stereocenters. The van der Waals surface area contributed by atoms with E-state index in [0.29, 0.717) is 23.9 Å². The summed E-state index contributed by atoms with van der Waals surface area (Å²) in [4.78, 5) is 20.9. The second-order valence-electron chi connectivity index (χ2n) is 7.64. The van der Waals surface area contributed by atoms with Crippen LogP contribution >= 0.6 is 36.2 Å². The number of piperidine rings is 1. The first-order valence-corrected chi connectivity index (χ1v) is 9.89. The highest BCUT2D eigenvalue weighted by Gasteiger charge is 2.36. The summed E-state index contributed by atoms with van der Waals surface area (Å²) in [5.74, 6) is 0.912. The van der Waals surface area contributed by atoms with E-state index in [2.05, 4.69) is 17.2 Å². The highest BCUT2D eigenvalue weighted by molar-refractivity contribution is 7.11. The van der Waals surface area contributed by atoms with Crippen molar-refractivity contribution in [1.82, 2.24) is 15.2 Å². The van der Waals surface area contributed by atoms with E-state index in [9.17, 15) is 4.79 Å². The van der Waals surface area contributed by atoms with Crippen LogP contribution in [0.5, 0.6) is 0 Å². The van der Waals surface area contributed by atoms with Crippen LogP contribution in [-0.2, 0) is 11.2 Å². The number of thiazole rings is 1. The Morgan fingerprint density at radius 1 is 1.24 bits per heavy atom. The molecule has 0 aromatic carbocycles. The average molecular weight is 406 g/mol. The third-order valence-electron chi connectivity index (χ3n) is 5.92. The van der Waals surface area contributed by atoms with Crippen LogP contribution in [0.2, 0.25) is 0 Å². The van der Waals surface area contributed by atoms with E-state index in [4.69, 9.17) is 0 Å². The van der Waals surface area contributed by atoms with Crippen molar-refractivity contribution in [2.24, 2.45) is 5.92 Å². The predicted molar refractivity (Wildman–Crippen MR) is 107 cm³/mol. The van der Waals surface area contributed by atoms with E-state index in [1.54, 1.807) is 11.3 Å². The zero-order chi connectivity index (χ0) is 16.0. The highest BCUT2D eigenvalue weighted by Crippen LogP contribution is 2.38. The quantitative estimate of drug-likeness (QED) is 0.824. The number of carbonyl (C=O) groups excluding carboxylic acids is 1. The van der Waals surface area contributed by atoms with Crippen molar-refractivity contribution < 1.29 is 4.79 Å². The lowest BCUT2D eigenvalue weighted by atomic mass is 9.88. The lowest BCUT2D eigenvalue weighted by molar-refractivity contribution is -0.133. The highest BCUT2D eigenvalue weighted by atomic mass is 35.5. The summed E-state index contributed by atoms with van der Waals surface area (Å²) in [6.07, 6.45) is 9.03. The molecule has 0 saturated carbocycles. The Kier molecular flexibility index (Phi) is 7.17. The Labute approximate surface area is 167 Å². The molecular weight excluding hydrogens is 377 g/mol. The molecule has 4 rings (SSSR count). The van der Waals surface area contributed by atoms with Gasteiger partial charge in [-0.25, -0.2) is 4.98 Å². The van der Waals surface area contributed by atoms with Gasteiger partial charge in [-0.1, -0.05) is 0 Å². The van der Waals surface area contributed by atoms with Gasteiger partial charge in [0.2, 0.25) is 5.91 Å². The number of halogens is 2. The third kappa shape index (κ3) is 4.32. The Morgan fingerprint density at radius 2 is 1.92 bits per heavy atom. The van der Waals surface area contributed by atoms with Crippen molar-refractivity contribution in [3.05, 3.63) is 15.6 Å². The summed E-state index contributed by atoms with van der Waals surface area (Å²) >= 11 is 1.79. The number of fused-ring (bicyclic) bond motifs is 3. The summed E-state index contributed by atoms with van der Waals surface area (Å²) in [5.41, 5.74) is 1.24. The van der Waals surface area contributed by atoms with Crippen LogP contribution in [0.15, 0.2) is 0 Å². The van der Waals surface area contributed by atoms with Crippen molar-refractivity contribution >= 4 is 42.1 Å². The second-order valence-corrected chi connectivity index (χ2v) is 8.87.